The second-order valence-corrected chi connectivity index (χ2v) is 5.95. The van der Waals surface area contributed by atoms with Gasteiger partial charge < -0.3 is 14.6 Å². The van der Waals surface area contributed by atoms with E-state index in [1.54, 1.807) is 0 Å². The van der Waals surface area contributed by atoms with Gasteiger partial charge in [0.2, 0.25) is 0 Å². The molecule has 0 bridgehead atoms. The number of fused-ring (bicyclic) bond motifs is 1. The molecule has 126 valence electrons. The maximum Gasteiger partial charge on any atom is 0.306 e. The van der Waals surface area contributed by atoms with Gasteiger partial charge in [-0.2, -0.15) is 0 Å². The monoisotopic (exact) mass is 326 g/mol. The van der Waals surface area contributed by atoms with E-state index in [9.17, 15) is 4.79 Å². The lowest BCUT2D eigenvalue weighted by molar-refractivity contribution is -0.140. The quantitative estimate of drug-likeness (QED) is 0.824. The molecule has 24 heavy (non-hydrogen) atoms. The molecule has 0 saturated carbocycles. The Morgan fingerprint density at radius 3 is 2.67 bits per heavy atom. The third-order valence-corrected chi connectivity index (χ3v) is 4.34. The van der Waals surface area contributed by atoms with E-state index < -0.39 is 12.1 Å². The Morgan fingerprint density at radius 2 is 1.96 bits per heavy atom. The molecule has 0 spiro atoms. The van der Waals surface area contributed by atoms with Gasteiger partial charge in [0.05, 0.1) is 12.5 Å². The van der Waals surface area contributed by atoms with Gasteiger partial charge in [-0.15, -0.1) is 0 Å². The Bertz CT molecular complexity index is 693. The highest BCUT2D eigenvalue weighted by Gasteiger charge is 2.23. The van der Waals surface area contributed by atoms with Crippen LogP contribution in [0.25, 0.3) is 0 Å². The zero-order chi connectivity index (χ0) is 16.9. The summed E-state index contributed by atoms with van der Waals surface area (Å²) in [5, 5.41) is 9.00. The van der Waals surface area contributed by atoms with Crippen molar-refractivity contribution >= 4 is 5.97 Å². The minimum atomic E-state index is -0.865. The second-order valence-electron chi connectivity index (χ2n) is 5.95. The molecule has 0 amide bonds. The molecule has 1 aliphatic rings. The Kier molecular flexibility index (Phi) is 5.16. The molecule has 3 rings (SSSR count). The third-order valence-electron chi connectivity index (χ3n) is 4.34. The number of benzene rings is 2. The number of aliphatic carboxylic acids is 1. The normalized spacial score (nSPS) is 17.3. The minimum Gasteiger partial charge on any atom is -0.486 e. The van der Waals surface area contributed by atoms with Crippen LogP contribution in [-0.2, 0) is 16.0 Å². The molecular weight excluding hydrogens is 304 g/mol. The number of rotatable bonds is 7. The van der Waals surface area contributed by atoms with Crippen LogP contribution < -0.4 is 4.74 Å². The predicted octanol–water partition coefficient (Wildman–Crippen LogP) is 4.31. The van der Waals surface area contributed by atoms with Gasteiger partial charge >= 0.3 is 5.97 Å². The van der Waals surface area contributed by atoms with Gasteiger partial charge in [-0.1, -0.05) is 36.4 Å². The van der Waals surface area contributed by atoms with Crippen molar-refractivity contribution in [2.45, 2.75) is 38.4 Å². The van der Waals surface area contributed by atoms with Crippen LogP contribution in [-0.4, -0.2) is 17.7 Å². The zero-order valence-corrected chi connectivity index (χ0v) is 13.8. The molecule has 1 N–H and O–H groups in total. The lowest BCUT2D eigenvalue weighted by atomic mass is 10.1. The highest BCUT2D eigenvalue weighted by atomic mass is 16.5. The van der Waals surface area contributed by atoms with Crippen molar-refractivity contribution in [3.05, 3.63) is 65.2 Å². The lowest BCUT2D eigenvalue weighted by Gasteiger charge is -2.18. The lowest BCUT2D eigenvalue weighted by Crippen LogP contribution is -2.10. The summed E-state index contributed by atoms with van der Waals surface area (Å²) < 4.78 is 11.7. The topological polar surface area (TPSA) is 55.8 Å². The molecule has 1 aliphatic carbocycles. The van der Waals surface area contributed by atoms with Gasteiger partial charge in [-0.05, 0) is 48.6 Å². The van der Waals surface area contributed by atoms with E-state index in [0.29, 0.717) is 6.61 Å². The number of hydrogen-bond donors (Lipinski definition) is 1. The van der Waals surface area contributed by atoms with Crippen molar-refractivity contribution in [2.75, 3.05) is 6.61 Å². The Hall–Kier alpha value is -2.33. The molecule has 0 radical (unpaired) electrons. The molecular formula is C20H22O4. The van der Waals surface area contributed by atoms with Crippen molar-refractivity contribution in [1.82, 2.24) is 0 Å². The summed E-state index contributed by atoms with van der Waals surface area (Å²) >= 11 is 0. The van der Waals surface area contributed by atoms with Gasteiger partial charge in [-0.25, -0.2) is 0 Å². The molecule has 0 aromatic heterocycles. The molecule has 0 fully saturated rings. The van der Waals surface area contributed by atoms with E-state index in [-0.39, 0.29) is 12.5 Å². The van der Waals surface area contributed by atoms with Gasteiger partial charge in [0.15, 0.2) is 0 Å². The van der Waals surface area contributed by atoms with Crippen LogP contribution in [0.1, 0.15) is 48.7 Å². The first-order valence-electron chi connectivity index (χ1n) is 8.35. The average Bonchev–Trinajstić information content (AvgIpc) is 2.98. The fraction of sp³-hybridized carbons (Fsp3) is 0.350. The molecule has 0 aliphatic heterocycles. The Labute approximate surface area is 142 Å². The number of hydrogen-bond acceptors (Lipinski definition) is 3. The van der Waals surface area contributed by atoms with Crippen molar-refractivity contribution in [3.8, 4) is 5.75 Å². The number of carbonyl (C=O) groups is 1. The van der Waals surface area contributed by atoms with Crippen LogP contribution in [0.15, 0.2) is 48.5 Å². The SMILES string of the molecule is CCO[C@@H](CC(=O)O)c1ccc(O[C@H]2CCc3ccccc32)cc1. The summed E-state index contributed by atoms with van der Waals surface area (Å²) in [5.41, 5.74) is 3.48. The van der Waals surface area contributed by atoms with Crippen LogP contribution >= 0.6 is 0 Å². The fourth-order valence-electron chi connectivity index (χ4n) is 3.20. The molecule has 2 aromatic rings. The van der Waals surface area contributed by atoms with Crippen LogP contribution in [0.3, 0.4) is 0 Å². The summed E-state index contributed by atoms with van der Waals surface area (Å²) in [7, 11) is 0. The Morgan fingerprint density at radius 1 is 1.21 bits per heavy atom. The summed E-state index contributed by atoms with van der Waals surface area (Å²) in [5.74, 6) is -0.0673. The van der Waals surface area contributed by atoms with Crippen LogP contribution in [0, 0.1) is 0 Å². The van der Waals surface area contributed by atoms with Crippen LogP contribution in [0.2, 0.25) is 0 Å². The predicted molar refractivity (Wildman–Crippen MR) is 91.2 cm³/mol. The molecule has 2 aromatic carbocycles. The van der Waals surface area contributed by atoms with Crippen LogP contribution in [0.5, 0.6) is 5.75 Å². The first-order valence-corrected chi connectivity index (χ1v) is 8.35. The van der Waals surface area contributed by atoms with Gasteiger partial charge in [0.25, 0.3) is 0 Å². The minimum absolute atomic E-state index is 0.0377. The molecule has 4 nitrogen and oxygen atoms in total. The van der Waals surface area contributed by atoms with Crippen LogP contribution in [0.4, 0.5) is 0 Å². The standard InChI is InChI=1S/C20H22O4/c1-2-23-19(13-20(21)22)15-7-10-16(11-8-15)24-18-12-9-14-5-3-4-6-17(14)18/h3-8,10-11,18-19H,2,9,12-13H2,1H3,(H,21,22)/t18-,19-/m0/s1. The smallest absolute Gasteiger partial charge is 0.306 e. The molecule has 0 heterocycles. The zero-order valence-electron chi connectivity index (χ0n) is 13.8. The molecule has 2 atom stereocenters. The van der Waals surface area contributed by atoms with Crippen molar-refractivity contribution in [3.63, 3.8) is 0 Å². The van der Waals surface area contributed by atoms with E-state index in [1.807, 2.05) is 37.3 Å². The molecule has 4 heteroatoms. The van der Waals surface area contributed by atoms with E-state index in [4.69, 9.17) is 14.6 Å². The highest BCUT2D eigenvalue weighted by molar-refractivity contribution is 5.67. The van der Waals surface area contributed by atoms with Crippen molar-refractivity contribution in [2.24, 2.45) is 0 Å². The summed E-state index contributed by atoms with van der Waals surface area (Å²) in [4.78, 5) is 11.0. The van der Waals surface area contributed by atoms with E-state index in [1.165, 1.54) is 11.1 Å². The van der Waals surface area contributed by atoms with Gasteiger partial charge in [0, 0.05) is 6.61 Å². The number of carboxylic acid groups (broad SMARTS) is 1. The molecule has 0 saturated heterocycles. The molecule has 0 unspecified atom stereocenters. The summed E-state index contributed by atoms with van der Waals surface area (Å²) in [6.07, 6.45) is 1.66. The van der Waals surface area contributed by atoms with Crippen molar-refractivity contribution < 1.29 is 19.4 Å². The largest absolute Gasteiger partial charge is 0.486 e. The van der Waals surface area contributed by atoms with Crippen molar-refractivity contribution in [1.29, 1.82) is 0 Å². The number of ether oxygens (including phenoxy) is 2. The van der Waals surface area contributed by atoms with E-state index in [0.717, 1.165) is 24.2 Å². The van der Waals surface area contributed by atoms with E-state index in [2.05, 4.69) is 18.2 Å². The summed E-state index contributed by atoms with van der Waals surface area (Å²) in [6, 6.07) is 15.9. The number of aryl methyl sites for hydroxylation is 1. The third kappa shape index (κ3) is 3.77. The van der Waals surface area contributed by atoms with Gasteiger partial charge in [-0.3, -0.25) is 4.79 Å². The highest BCUT2D eigenvalue weighted by Crippen LogP contribution is 2.35. The van der Waals surface area contributed by atoms with Gasteiger partial charge in [0.1, 0.15) is 11.9 Å². The fourth-order valence-corrected chi connectivity index (χ4v) is 3.20. The Balaban J connectivity index is 1.69. The first kappa shape index (κ1) is 16.5. The summed E-state index contributed by atoms with van der Waals surface area (Å²) in [6.45, 7) is 2.35. The maximum absolute atomic E-state index is 11.0. The number of carboxylic acids is 1. The maximum atomic E-state index is 11.0. The average molecular weight is 326 g/mol. The first-order chi connectivity index (χ1) is 11.7. The second kappa shape index (κ2) is 7.49. The van der Waals surface area contributed by atoms with E-state index >= 15 is 0 Å².